The van der Waals surface area contributed by atoms with Gasteiger partial charge in [0.15, 0.2) is 11.2 Å². The molecule has 3 rings (SSSR count). The first-order chi connectivity index (χ1) is 11.8. The molecule has 4 heteroatoms. The molecule has 2 N–H and O–H groups in total. The van der Waals surface area contributed by atoms with Crippen LogP contribution in [0.1, 0.15) is 36.4 Å². The van der Waals surface area contributed by atoms with Crippen molar-refractivity contribution in [3.8, 4) is 0 Å². The van der Waals surface area contributed by atoms with Crippen LogP contribution in [0.5, 0.6) is 0 Å². The zero-order valence-electron chi connectivity index (χ0n) is 14.3. The largest absolute Gasteiger partial charge is 0.618 e. The summed E-state index contributed by atoms with van der Waals surface area (Å²) in [5, 5.41) is 35.0. The third kappa shape index (κ3) is 3.02. The minimum atomic E-state index is -1.48. The lowest BCUT2D eigenvalue weighted by Crippen LogP contribution is -2.49. The minimum Gasteiger partial charge on any atom is -0.618 e. The number of hydrogen-bond donors (Lipinski definition) is 2. The van der Waals surface area contributed by atoms with Gasteiger partial charge in [-0.15, -0.1) is 0 Å². The number of pyridine rings is 1. The maximum atomic E-state index is 13.0. The molecule has 2 aromatic carbocycles. The minimum absolute atomic E-state index is 0.160. The van der Waals surface area contributed by atoms with E-state index in [2.05, 4.69) is 0 Å². The number of nitrogens with zero attached hydrogens (tertiary/aromatic N) is 1. The molecule has 1 heterocycles. The van der Waals surface area contributed by atoms with Gasteiger partial charge in [0.05, 0.1) is 0 Å². The predicted octanol–water partition coefficient (Wildman–Crippen LogP) is 2.83. The first kappa shape index (κ1) is 17.1. The zero-order valence-corrected chi connectivity index (χ0v) is 14.3. The monoisotopic (exact) mass is 335 g/mol. The molecular weight excluding hydrogens is 314 g/mol. The van der Waals surface area contributed by atoms with Crippen LogP contribution in [-0.4, -0.2) is 10.2 Å². The van der Waals surface area contributed by atoms with E-state index >= 15 is 0 Å². The summed E-state index contributed by atoms with van der Waals surface area (Å²) >= 11 is 0. The normalized spacial score (nSPS) is 16.0. The van der Waals surface area contributed by atoms with Crippen LogP contribution in [0, 0.1) is 5.21 Å². The Hall–Kier alpha value is -2.69. The third-order valence-corrected chi connectivity index (χ3v) is 4.62. The summed E-state index contributed by atoms with van der Waals surface area (Å²) in [6, 6.07) is 22.8. The van der Waals surface area contributed by atoms with E-state index in [1.165, 1.54) is 0 Å². The van der Waals surface area contributed by atoms with Crippen LogP contribution >= 0.6 is 0 Å². The summed E-state index contributed by atoms with van der Waals surface area (Å²) < 4.78 is 0.625. The van der Waals surface area contributed by atoms with Crippen LogP contribution in [0.3, 0.4) is 0 Å². The van der Waals surface area contributed by atoms with E-state index in [1.807, 2.05) is 36.4 Å². The summed E-state index contributed by atoms with van der Waals surface area (Å²) in [6.45, 7) is 3.15. The van der Waals surface area contributed by atoms with Gasteiger partial charge in [-0.2, -0.15) is 4.73 Å². The smallest absolute Gasteiger partial charge is 0.229 e. The Morgan fingerprint density at radius 1 is 0.640 bits per heavy atom. The Bertz CT molecular complexity index is 789. The van der Waals surface area contributed by atoms with Crippen molar-refractivity contribution in [3.05, 3.63) is 107 Å². The summed E-state index contributed by atoms with van der Waals surface area (Å²) in [6.07, 6.45) is 0. The van der Waals surface area contributed by atoms with Gasteiger partial charge in [0, 0.05) is 12.1 Å². The molecule has 0 aliphatic carbocycles. The van der Waals surface area contributed by atoms with Gasteiger partial charge in [-0.1, -0.05) is 60.7 Å². The van der Waals surface area contributed by atoms with Crippen molar-refractivity contribution in [2.24, 2.45) is 0 Å². The maximum absolute atomic E-state index is 13.0. The third-order valence-electron chi connectivity index (χ3n) is 4.62. The fraction of sp³-hybridized carbons (Fsp3) is 0.190. The standard InChI is InChI=1S/C21H21NO3/c1-20(23,16-10-5-3-6-11-16)18-14-9-15-19(22(18)25)21(2,24)17-12-7-4-8-13-17/h3-15,23-24H,1-2H3. The SMILES string of the molecule is CC(O)(c1ccccc1)c1cccc(C(C)(O)c2ccccc2)[n+]1[O-]. The molecule has 4 nitrogen and oxygen atoms in total. The van der Waals surface area contributed by atoms with Crippen LogP contribution < -0.4 is 4.73 Å². The fourth-order valence-electron chi connectivity index (χ4n) is 3.04. The van der Waals surface area contributed by atoms with E-state index in [4.69, 9.17) is 0 Å². The lowest BCUT2D eigenvalue weighted by Gasteiger charge is -2.27. The van der Waals surface area contributed by atoms with Crippen molar-refractivity contribution in [3.63, 3.8) is 0 Å². The van der Waals surface area contributed by atoms with Gasteiger partial charge in [0.2, 0.25) is 11.4 Å². The molecule has 0 bridgehead atoms. The summed E-state index contributed by atoms with van der Waals surface area (Å²) in [7, 11) is 0. The van der Waals surface area contributed by atoms with Gasteiger partial charge in [0.25, 0.3) is 0 Å². The first-order valence-corrected chi connectivity index (χ1v) is 8.14. The molecular formula is C21H21NO3. The average molecular weight is 335 g/mol. The Kier molecular flexibility index (Phi) is 4.33. The highest BCUT2D eigenvalue weighted by atomic mass is 16.5. The van der Waals surface area contributed by atoms with Gasteiger partial charge < -0.3 is 15.4 Å². The molecule has 0 saturated carbocycles. The molecule has 3 aromatic rings. The summed E-state index contributed by atoms with van der Waals surface area (Å²) in [5.41, 5.74) is -1.43. The Labute approximate surface area is 147 Å². The number of aromatic nitrogens is 1. The molecule has 0 amide bonds. The van der Waals surface area contributed by atoms with E-state index in [9.17, 15) is 15.4 Å². The van der Waals surface area contributed by atoms with Crippen molar-refractivity contribution >= 4 is 0 Å². The van der Waals surface area contributed by atoms with Gasteiger partial charge in [-0.25, -0.2) is 0 Å². The van der Waals surface area contributed by atoms with E-state index in [0.29, 0.717) is 15.9 Å². The van der Waals surface area contributed by atoms with Crippen LogP contribution in [0.2, 0.25) is 0 Å². The van der Waals surface area contributed by atoms with Crippen LogP contribution in [0.15, 0.2) is 78.9 Å². The number of hydrogen-bond acceptors (Lipinski definition) is 3. The predicted molar refractivity (Wildman–Crippen MR) is 95.6 cm³/mol. The van der Waals surface area contributed by atoms with Crippen molar-refractivity contribution in [1.82, 2.24) is 0 Å². The molecule has 0 spiro atoms. The van der Waals surface area contributed by atoms with E-state index in [0.717, 1.165) is 0 Å². The van der Waals surface area contributed by atoms with Gasteiger partial charge in [0.1, 0.15) is 0 Å². The maximum Gasteiger partial charge on any atom is 0.229 e. The Balaban J connectivity index is 2.13. The molecule has 0 aliphatic heterocycles. The zero-order chi connectivity index (χ0) is 18.1. The summed E-state index contributed by atoms with van der Waals surface area (Å²) in [5.74, 6) is 0. The lowest BCUT2D eigenvalue weighted by molar-refractivity contribution is -0.636. The van der Waals surface area contributed by atoms with Crippen molar-refractivity contribution < 1.29 is 14.9 Å². The van der Waals surface area contributed by atoms with E-state index in [-0.39, 0.29) is 11.4 Å². The van der Waals surface area contributed by atoms with Crippen LogP contribution in [-0.2, 0) is 11.2 Å². The molecule has 0 radical (unpaired) electrons. The second-order valence-corrected chi connectivity index (χ2v) is 6.47. The second kappa shape index (κ2) is 6.31. The highest BCUT2D eigenvalue weighted by Gasteiger charge is 2.39. The molecule has 2 unspecified atom stereocenters. The number of benzene rings is 2. The van der Waals surface area contributed by atoms with E-state index in [1.54, 1.807) is 56.3 Å². The van der Waals surface area contributed by atoms with Crippen LogP contribution in [0.25, 0.3) is 0 Å². The quantitative estimate of drug-likeness (QED) is 0.569. The summed E-state index contributed by atoms with van der Waals surface area (Å²) in [4.78, 5) is 0. The van der Waals surface area contributed by atoms with Gasteiger partial charge >= 0.3 is 0 Å². The molecule has 128 valence electrons. The van der Waals surface area contributed by atoms with Crippen LogP contribution in [0.4, 0.5) is 0 Å². The Morgan fingerprint density at radius 3 is 1.36 bits per heavy atom. The number of aliphatic hydroxyl groups is 2. The molecule has 1 aromatic heterocycles. The van der Waals surface area contributed by atoms with Crippen molar-refractivity contribution in [2.75, 3.05) is 0 Å². The Morgan fingerprint density at radius 2 is 1.00 bits per heavy atom. The highest BCUT2D eigenvalue weighted by molar-refractivity contribution is 5.32. The van der Waals surface area contributed by atoms with E-state index < -0.39 is 11.2 Å². The molecule has 0 fully saturated rings. The fourth-order valence-corrected chi connectivity index (χ4v) is 3.04. The van der Waals surface area contributed by atoms with Crippen molar-refractivity contribution in [2.45, 2.75) is 25.0 Å². The second-order valence-electron chi connectivity index (χ2n) is 6.47. The molecule has 25 heavy (non-hydrogen) atoms. The topological polar surface area (TPSA) is 67.4 Å². The molecule has 0 saturated heterocycles. The molecule has 0 aliphatic rings. The molecule has 2 atom stereocenters. The average Bonchev–Trinajstić information content (AvgIpc) is 2.63. The number of rotatable bonds is 4. The lowest BCUT2D eigenvalue weighted by atomic mass is 9.89. The van der Waals surface area contributed by atoms with Gasteiger partial charge in [-0.3, -0.25) is 0 Å². The first-order valence-electron chi connectivity index (χ1n) is 8.14. The van der Waals surface area contributed by atoms with Gasteiger partial charge in [-0.05, 0) is 31.0 Å². The van der Waals surface area contributed by atoms with Crippen molar-refractivity contribution in [1.29, 1.82) is 0 Å². The highest BCUT2D eigenvalue weighted by Crippen LogP contribution is 2.30.